The molecule has 0 radical (unpaired) electrons. The second-order valence-corrected chi connectivity index (χ2v) is 13.5. The van der Waals surface area contributed by atoms with Crippen LogP contribution in [0, 0.1) is 0 Å². The molecule has 3 heterocycles. The number of piperazine rings is 1. The summed E-state index contributed by atoms with van der Waals surface area (Å²) in [6.45, 7) is 5.53. The minimum Gasteiger partial charge on any atom is -0.453 e. The number of oxime groups is 1. The van der Waals surface area contributed by atoms with Gasteiger partial charge in [0, 0.05) is 55.3 Å². The van der Waals surface area contributed by atoms with E-state index in [0.717, 1.165) is 4.88 Å². The van der Waals surface area contributed by atoms with E-state index in [1.54, 1.807) is 23.2 Å². The lowest BCUT2D eigenvalue weighted by atomic mass is 10.1. The molecule has 1 aliphatic carbocycles. The van der Waals surface area contributed by atoms with Gasteiger partial charge in [-0.2, -0.15) is 0 Å². The molecule has 5 rings (SSSR count). The van der Waals surface area contributed by atoms with Crippen molar-refractivity contribution in [3.8, 4) is 0 Å². The molecule has 2 aliphatic heterocycles. The fourth-order valence-corrected chi connectivity index (χ4v) is 7.21. The highest BCUT2D eigenvalue weighted by atomic mass is 32.2. The fourth-order valence-electron chi connectivity index (χ4n) is 4.70. The highest BCUT2D eigenvalue weighted by Crippen LogP contribution is 2.33. The molecule has 3 fully saturated rings. The van der Waals surface area contributed by atoms with Crippen LogP contribution < -0.4 is 5.32 Å². The summed E-state index contributed by atoms with van der Waals surface area (Å²) < 4.78 is 35.4. The number of sulfone groups is 1. The summed E-state index contributed by atoms with van der Waals surface area (Å²) in [5.41, 5.74) is 0.451. The second kappa shape index (κ2) is 12.2. The van der Waals surface area contributed by atoms with Crippen LogP contribution in [0.2, 0.25) is 0 Å². The topological polar surface area (TPSA) is 140 Å². The molecule has 12 nitrogen and oxygen atoms in total. The van der Waals surface area contributed by atoms with Crippen molar-refractivity contribution in [2.24, 2.45) is 5.16 Å². The molecule has 1 saturated carbocycles. The van der Waals surface area contributed by atoms with Crippen molar-refractivity contribution in [2.75, 3.05) is 45.3 Å². The number of anilines is 1. The maximum absolute atomic E-state index is 13.3. The molecular formula is C26H33N5O7S2. The predicted molar refractivity (Wildman–Crippen MR) is 148 cm³/mol. The van der Waals surface area contributed by atoms with Crippen molar-refractivity contribution in [3.63, 3.8) is 0 Å². The van der Waals surface area contributed by atoms with Gasteiger partial charge in [-0.1, -0.05) is 17.3 Å². The summed E-state index contributed by atoms with van der Waals surface area (Å²) in [5, 5.41) is 7.04. The van der Waals surface area contributed by atoms with Crippen LogP contribution in [0.3, 0.4) is 0 Å². The Bertz CT molecular complexity index is 1350. The maximum atomic E-state index is 13.3. The van der Waals surface area contributed by atoms with E-state index in [-0.39, 0.29) is 34.1 Å². The van der Waals surface area contributed by atoms with Crippen LogP contribution in [0.15, 0.2) is 40.5 Å². The Labute approximate surface area is 237 Å². The minimum absolute atomic E-state index is 0.0167. The van der Waals surface area contributed by atoms with E-state index < -0.39 is 15.7 Å². The van der Waals surface area contributed by atoms with Gasteiger partial charge in [0.15, 0.2) is 26.8 Å². The number of nitrogens with zero attached hydrogens (tertiary/aromatic N) is 4. The van der Waals surface area contributed by atoms with Gasteiger partial charge >= 0.3 is 6.09 Å². The normalized spacial score (nSPS) is 22.2. The number of carbonyl (C=O) groups is 2. The van der Waals surface area contributed by atoms with Gasteiger partial charge in [0.1, 0.15) is 0 Å². The number of rotatable bonds is 9. The highest BCUT2D eigenvalue weighted by molar-refractivity contribution is 7.92. The monoisotopic (exact) mass is 591 g/mol. The summed E-state index contributed by atoms with van der Waals surface area (Å²) in [6, 6.07) is 6.18. The van der Waals surface area contributed by atoms with E-state index in [0.29, 0.717) is 69.4 Å². The lowest BCUT2D eigenvalue weighted by molar-refractivity contribution is -0.110. The number of amides is 2. The molecule has 0 spiro atoms. The van der Waals surface area contributed by atoms with Crippen molar-refractivity contribution in [2.45, 2.75) is 55.0 Å². The summed E-state index contributed by atoms with van der Waals surface area (Å²) in [5.74, 6) is -0.516. The number of hydrogen-bond acceptors (Lipinski definition) is 11. The second-order valence-electron chi connectivity index (χ2n) is 10.1. The van der Waals surface area contributed by atoms with E-state index in [9.17, 15) is 18.0 Å². The Morgan fingerprint density at radius 3 is 2.62 bits per heavy atom. The zero-order chi connectivity index (χ0) is 28.3. The molecule has 3 aliphatic rings. The standard InChI is InChI=1S/C26H33N5O7S2/c1-17-14-30(10-11-31(17)26(33)36-2)15-20-13-27-25(39-20)28-24(32)23(29-38-19-9-12-37-16-19)18-3-5-21(6-4-18)40(34,35)22-7-8-22/h3-6,13,17,19,22H,7-12,14-16H2,1-2H3,(H,27,28,32)/t17-,19+/m0/s1. The fraction of sp³-hybridized carbons (Fsp3) is 0.538. The summed E-state index contributed by atoms with van der Waals surface area (Å²) in [4.78, 5) is 40.3. The quantitative estimate of drug-likeness (QED) is 0.344. The van der Waals surface area contributed by atoms with Crippen molar-refractivity contribution >= 4 is 44.0 Å². The largest absolute Gasteiger partial charge is 0.453 e. The van der Waals surface area contributed by atoms with Gasteiger partial charge in [0.05, 0.1) is 30.5 Å². The molecule has 0 bridgehead atoms. The van der Waals surface area contributed by atoms with Crippen LogP contribution in [-0.4, -0.2) is 98.3 Å². The zero-order valence-electron chi connectivity index (χ0n) is 22.4. The van der Waals surface area contributed by atoms with Gasteiger partial charge in [-0.3, -0.25) is 15.0 Å². The number of methoxy groups -OCH3 is 1. The third-order valence-electron chi connectivity index (χ3n) is 7.09. The Balaban J connectivity index is 1.26. The van der Waals surface area contributed by atoms with Crippen LogP contribution >= 0.6 is 11.3 Å². The average molecular weight is 592 g/mol. The Hall–Kier alpha value is -3.07. The number of thiazole rings is 1. The van der Waals surface area contributed by atoms with Gasteiger partial charge in [-0.05, 0) is 31.9 Å². The first-order chi connectivity index (χ1) is 19.2. The van der Waals surface area contributed by atoms with E-state index in [4.69, 9.17) is 14.3 Å². The Morgan fingerprint density at radius 2 is 1.98 bits per heavy atom. The molecule has 0 unspecified atom stereocenters. The average Bonchev–Trinajstić information content (AvgIpc) is 3.53. The smallest absolute Gasteiger partial charge is 0.409 e. The minimum atomic E-state index is -3.35. The van der Waals surface area contributed by atoms with Crippen LogP contribution in [0.5, 0.6) is 0 Å². The third-order valence-corrected chi connectivity index (χ3v) is 10.3. The molecule has 2 aromatic rings. The van der Waals surface area contributed by atoms with Gasteiger partial charge in [-0.25, -0.2) is 18.2 Å². The summed E-state index contributed by atoms with van der Waals surface area (Å²) in [7, 11) is -1.97. The van der Waals surface area contributed by atoms with Crippen LogP contribution in [0.1, 0.15) is 36.6 Å². The Kier molecular flexibility index (Phi) is 8.68. The van der Waals surface area contributed by atoms with E-state index >= 15 is 0 Å². The maximum Gasteiger partial charge on any atom is 0.409 e. The lowest BCUT2D eigenvalue weighted by Gasteiger charge is -2.38. The molecule has 216 valence electrons. The molecule has 1 aromatic carbocycles. The summed E-state index contributed by atoms with van der Waals surface area (Å²) >= 11 is 1.35. The molecule has 1 aromatic heterocycles. The number of aromatic nitrogens is 1. The summed E-state index contributed by atoms with van der Waals surface area (Å²) in [6.07, 6.45) is 3.16. The number of nitrogens with one attached hydrogen (secondary N) is 1. The lowest BCUT2D eigenvalue weighted by Crippen LogP contribution is -2.53. The molecule has 2 atom stereocenters. The van der Waals surface area contributed by atoms with Gasteiger partial charge in [0.25, 0.3) is 5.91 Å². The van der Waals surface area contributed by atoms with Crippen LogP contribution in [0.25, 0.3) is 0 Å². The van der Waals surface area contributed by atoms with Crippen LogP contribution in [0.4, 0.5) is 9.93 Å². The number of ether oxygens (including phenoxy) is 2. The molecule has 40 heavy (non-hydrogen) atoms. The SMILES string of the molecule is COC(=O)N1CCN(Cc2cnc(NC(=O)C(=NO[C@@H]3CCOC3)c3ccc(S(=O)(=O)C4CC4)cc3)s2)C[C@@H]1C. The zero-order valence-corrected chi connectivity index (χ0v) is 24.1. The van der Waals surface area contributed by atoms with Crippen LogP contribution in [-0.2, 0) is 35.5 Å². The van der Waals surface area contributed by atoms with E-state index in [2.05, 4.69) is 20.4 Å². The first kappa shape index (κ1) is 28.5. The van der Waals surface area contributed by atoms with E-state index in [1.807, 2.05) is 6.92 Å². The van der Waals surface area contributed by atoms with Crippen molar-refractivity contribution in [3.05, 3.63) is 40.9 Å². The van der Waals surface area contributed by atoms with Gasteiger partial charge < -0.3 is 19.2 Å². The number of benzene rings is 1. The molecular weight excluding hydrogens is 558 g/mol. The van der Waals surface area contributed by atoms with Gasteiger partial charge in [-0.15, -0.1) is 11.3 Å². The van der Waals surface area contributed by atoms with Crippen molar-refractivity contribution in [1.29, 1.82) is 0 Å². The molecule has 2 amide bonds. The predicted octanol–water partition coefficient (Wildman–Crippen LogP) is 2.50. The molecule has 1 N–H and O–H groups in total. The number of hydrogen-bond donors (Lipinski definition) is 1. The molecule has 14 heteroatoms. The number of carbonyl (C=O) groups excluding carboxylic acids is 2. The van der Waals surface area contributed by atoms with Crippen molar-refractivity contribution in [1.82, 2.24) is 14.8 Å². The van der Waals surface area contributed by atoms with E-state index in [1.165, 1.54) is 30.6 Å². The highest BCUT2D eigenvalue weighted by Gasteiger charge is 2.37. The third kappa shape index (κ3) is 6.62. The molecule has 2 saturated heterocycles. The first-order valence-corrected chi connectivity index (χ1v) is 15.6. The Morgan fingerprint density at radius 1 is 1.20 bits per heavy atom. The first-order valence-electron chi connectivity index (χ1n) is 13.2. The van der Waals surface area contributed by atoms with Gasteiger partial charge in [0.2, 0.25) is 0 Å². The van der Waals surface area contributed by atoms with Crippen molar-refractivity contribution < 1.29 is 32.3 Å².